The summed E-state index contributed by atoms with van der Waals surface area (Å²) in [5, 5.41) is 1.38. The maximum Gasteiger partial charge on any atom is 0.0457 e. The Morgan fingerprint density at radius 1 is 1.00 bits per heavy atom. The van der Waals surface area contributed by atoms with Crippen molar-refractivity contribution in [2.45, 2.75) is 25.4 Å². The predicted molar refractivity (Wildman–Crippen MR) is 87.1 cm³/mol. The molecule has 2 aromatic carbocycles. The van der Waals surface area contributed by atoms with Gasteiger partial charge in [-0.1, -0.05) is 48.5 Å². The molecule has 0 bridgehead atoms. The Bertz CT molecular complexity index is 729. The summed E-state index contributed by atoms with van der Waals surface area (Å²) in [5.74, 6) is 0. The number of H-pyrrole nitrogens is 1. The molecular formula is C19H20N2. The van der Waals surface area contributed by atoms with E-state index in [1.54, 1.807) is 0 Å². The molecule has 3 aromatic rings. The normalized spacial score (nSPS) is 19.3. The first-order valence-electron chi connectivity index (χ1n) is 7.76. The molecule has 0 spiro atoms. The van der Waals surface area contributed by atoms with Crippen LogP contribution in [0.2, 0.25) is 0 Å². The summed E-state index contributed by atoms with van der Waals surface area (Å²) in [5.41, 5.74) is 4.11. The van der Waals surface area contributed by atoms with Gasteiger partial charge in [0, 0.05) is 29.7 Å². The lowest BCUT2D eigenvalue weighted by Crippen LogP contribution is -2.22. The van der Waals surface area contributed by atoms with Crippen LogP contribution in [0.3, 0.4) is 0 Å². The third-order valence-electron chi connectivity index (χ3n) is 4.57. The molecule has 2 heterocycles. The SMILES string of the molecule is c1ccc(CN2CCC[C@@H]2c2c[nH]c3ccccc23)cc1. The van der Waals surface area contributed by atoms with Crippen LogP contribution < -0.4 is 0 Å². The van der Waals surface area contributed by atoms with E-state index >= 15 is 0 Å². The van der Waals surface area contributed by atoms with Crippen molar-refractivity contribution in [3.8, 4) is 0 Å². The summed E-state index contributed by atoms with van der Waals surface area (Å²) in [7, 11) is 0. The molecule has 1 N–H and O–H groups in total. The molecule has 106 valence electrons. The van der Waals surface area contributed by atoms with Crippen molar-refractivity contribution < 1.29 is 0 Å². The standard InChI is InChI=1S/C19H20N2/c1-2-7-15(8-3-1)14-21-12-6-11-19(21)17-13-20-18-10-5-4-9-16(17)18/h1-5,7-10,13,19-20H,6,11-12,14H2/t19-/m1/s1. The molecule has 1 atom stereocenters. The summed E-state index contributed by atoms with van der Waals surface area (Å²) in [6.07, 6.45) is 4.75. The van der Waals surface area contributed by atoms with Gasteiger partial charge in [0.1, 0.15) is 0 Å². The molecule has 0 radical (unpaired) electrons. The Labute approximate surface area is 125 Å². The van der Waals surface area contributed by atoms with E-state index in [-0.39, 0.29) is 0 Å². The van der Waals surface area contributed by atoms with Crippen LogP contribution in [0.15, 0.2) is 60.8 Å². The number of rotatable bonds is 3. The van der Waals surface area contributed by atoms with Crippen molar-refractivity contribution in [3.63, 3.8) is 0 Å². The number of aromatic nitrogens is 1. The number of hydrogen-bond acceptors (Lipinski definition) is 1. The number of benzene rings is 2. The zero-order valence-electron chi connectivity index (χ0n) is 12.1. The zero-order valence-corrected chi connectivity index (χ0v) is 12.1. The second kappa shape index (κ2) is 5.38. The van der Waals surface area contributed by atoms with Crippen LogP contribution in [0.25, 0.3) is 10.9 Å². The van der Waals surface area contributed by atoms with Crippen LogP contribution in [0.5, 0.6) is 0 Å². The molecule has 1 aromatic heterocycles. The summed E-state index contributed by atoms with van der Waals surface area (Å²) in [6.45, 7) is 2.24. The van der Waals surface area contributed by atoms with Gasteiger partial charge in [-0.05, 0) is 36.6 Å². The van der Waals surface area contributed by atoms with Gasteiger partial charge in [0.15, 0.2) is 0 Å². The molecule has 2 nitrogen and oxygen atoms in total. The highest BCUT2D eigenvalue weighted by molar-refractivity contribution is 5.83. The Kier molecular flexibility index (Phi) is 3.24. The second-order valence-corrected chi connectivity index (χ2v) is 5.90. The van der Waals surface area contributed by atoms with Gasteiger partial charge >= 0.3 is 0 Å². The van der Waals surface area contributed by atoms with Gasteiger partial charge in [-0.15, -0.1) is 0 Å². The number of nitrogens with one attached hydrogen (secondary N) is 1. The van der Waals surface area contributed by atoms with Crippen LogP contribution in [0, 0.1) is 0 Å². The van der Waals surface area contributed by atoms with Crippen molar-refractivity contribution in [3.05, 3.63) is 71.9 Å². The van der Waals surface area contributed by atoms with Crippen molar-refractivity contribution in [2.24, 2.45) is 0 Å². The maximum atomic E-state index is 3.42. The summed E-state index contributed by atoms with van der Waals surface area (Å²) < 4.78 is 0. The fourth-order valence-corrected chi connectivity index (χ4v) is 3.56. The first kappa shape index (κ1) is 12.7. The van der Waals surface area contributed by atoms with E-state index in [4.69, 9.17) is 0 Å². The van der Waals surface area contributed by atoms with Crippen LogP contribution in [0.1, 0.15) is 30.0 Å². The molecule has 0 unspecified atom stereocenters. The average Bonchev–Trinajstić information content (AvgIpc) is 3.14. The van der Waals surface area contributed by atoms with Gasteiger partial charge in [0.25, 0.3) is 0 Å². The lowest BCUT2D eigenvalue weighted by Gasteiger charge is -2.24. The van der Waals surface area contributed by atoms with Crippen molar-refractivity contribution in [1.29, 1.82) is 0 Å². The molecule has 0 amide bonds. The smallest absolute Gasteiger partial charge is 0.0457 e. The van der Waals surface area contributed by atoms with E-state index in [9.17, 15) is 0 Å². The van der Waals surface area contributed by atoms with Gasteiger partial charge < -0.3 is 4.98 Å². The topological polar surface area (TPSA) is 19.0 Å². The van der Waals surface area contributed by atoms with Crippen molar-refractivity contribution in [2.75, 3.05) is 6.54 Å². The Morgan fingerprint density at radius 3 is 2.71 bits per heavy atom. The first-order valence-corrected chi connectivity index (χ1v) is 7.76. The van der Waals surface area contributed by atoms with Gasteiger partial charge in [-0.2, -0.15) is 0 Å². The second-order valence-electron chi connectivity index (χ2n) is 5.90. The summed E-state index contributed by atoms with van der Waals surface area (Å²) in [4.78, 5) is 6.04. The highest BCUT2D eigenvalue weighted by Crippen LogP contribution is 2.36. The zero-order chi connectivity index (χ0) is 14.1. The molecule has 2 heteroatoms. The summed E-state index contributed by atoms with van der Waals surface area (Å²) in [6, 6.07) is 20.0. The van der Waals surface area contributed by atoms with E-state index in [0.717, 1.165) is 6.54 Å². The lowest BCUT2D eigenvalue weighted by molar-refractivity contribution is 0.250. The number of aromatic amines is 1. The van der Waals surface area contributed by atoms with E-state index in [2.05, 4.69) is 70.7 Å². The number of nitrogens with zero attached hydrogens (tertiary/aromatic N) is 1. The highest BCUT2D eigenvalue weighted by Gasteiger charge is 2.27. The fourth-order valence-electron chi connectivity index (χ4n) is 3.56. The molecule has 21 heavy (non-hydrogen) atoms. The third kappa shape index (κ3) is 2.36. The minimum absolute atomic E-state index is 0.543. The number of likely N-dealkylation sites (tertiary alicyclic amines) is 1. The quantitative estimate of drug-likeness (QED) is 0.746. The molecule has 1 aliphatic heterocycles. The van der Waals surface area contributed by atoms with Crippen LogP contribution in [-0.4, -0.2) is 16.4 Å². The monoisotopic (exact) mass is 276 g/mol. The highest BCUT2D eigenvalue weighted by atomic mass is 15.2. The molecule has 0 saturated carbocycles. The maximum absolute atomic E-state index is 3.42. The minimum atomic E-state index is 0.543. The molecular weight excluding hydrogens is 256 g/mol. The third-order valence-corrected chi connectivity index (χ3v) is 4.57. The summed E-state index contributed by atoms with van der Waals surface area (Å²) >= 11 is 0. The number of para-hydroxylation sites is 1. The van der Waals surface area contributed by atoms with E-state index in [0.29, 0.717) is 6.04 Å². The molecule has 4 rings (SSSR count). The van der Waals surface area contributed by atoms with Crippen molar-refractivity contribution >= 4 is 10.9 Å². The van der Waals surface area contributed by atoms with Crippen LogP contribution in [0.4, 0.5) is 0 Å². The van der Waals surface area contributed by atoms with E-state index < -0.39 is 0 Å². The Hall–Kier alpha value is -2.06. The van der Waals surface area contributed by atoms with Gasteiger partial charge in [0.2, 0.25) is 0 Å². The van der Waals surface area contributed by atoms with Crippen molar-refractivity contribution in [1.82, 2.24) is 9.88 Å². The average molecular weight is 276 g/mol. The lowest BCUT2D eigenvalue weighted by atomic mass is 10.0. The molecule has 1 fully saturated rings. The van der Waals surface area contributed by atoms with E-state index in [1.165, 1.54) is 41.4 Å². The Balaban J connectivity index is 1.64. The number of hydrogen-bond donors (Lipinski definition) is 1. The van der Waals surface area contributed by atoms with Crippen LogP contribution in [-0.2, 0) is 6.54 Å². The van der Waals surface area contributed by atoms with E-state index in [1.807, 2.05) is 0 Å². The van der Waals surface area contributed by atoms with Gasteiger partial charge in [-0.3, -0.25) is 4.90 Å². The molecule has 0 aliphatic carbocycles. The molecule has 1 aliphatic rings. The Morgan fingerprint density at radius 2 is 1.81 bits per heavy atom. The number of fused-ring (bicyclic) bond motifs is 1. The predicted octanol–water partition coefficient (Wildman–Crippen LogP) is 4.51. The first-order chi connectivity index (χ1) is 10.4. The molecule has 1 saturated heterocycles. The van der Waals surface area contributed by atoms with Gasteiger partial charge in [-0.25, -0.2) is 0 Å². The fraction of sp³-hybridized carbons (Fsp3) is 0.263. The van der Waals surface area contributed by atoms with Crippen LogP contribution >= 0.6 is 0 Å². The minimum Gasteiger partial charge on any atom is -0.361 e. The largest absolute Gasteiger partial charge is 0.361 e. The van der Waals surface area contributed by atoms with Gasteiger partial charge in [0.05, 0.1) is 0 Å².